The molecule has 1 aromatic rings. The monoisotopic (exact) mass is 190 g/mol. The van der Waals surface area contributed by atoms with Crippen molar-refractivity contribution in [1.82, 2.24) is 9.71 Å². The largest absolute Gasteiger partial charge is 0.447 e. The highest BCUT2D eigenvalue weighted by molar-refractivity contribution is 7.88. The van der Waals surface area contributed by atoms with Crippen LogP contribution in [0.4, 0.5) is 0 Å². The van der Waals surface area contributed by atoms with Gasteiger partial charge in [-0.25, -0.2) is 18.1 Å². The van der Waals surface area contributed by atoms with E-state index >= 15 is 0 Å². The number of nitrogens with zero attached hydrogens (tertiary/aromatic N) is 1. The van der Waals surface area contributed by atoms with Gasteiger partial charge in [0.2, 0.25) is 10.0 Å². The molecule has 6 heteroatoms. The van der Waals surface area contributed by atoms with Gasteiger partial charge in [0.25, 0.3) is 0 Å². The van der Waals surface area contributed by atoms with Crippen LogP contribution in [0.15, 0.2) is 10.8 Å². The molecule has 0 unspecified atom stereocenters. The van der Waals surface area contributed by atoms with Gasteiger partial charge in [-0.05, 0) is 6.92 Å². The van der Waals surface area contributed by atoms with E-state index in [9.17, 15) is 8.42 Å². The maximum atomic E-state index is 10.7. The summed E-state index contributed by atoms with van der Waals surface area (Å²) >= 11 is 0. The number of aromatic nitrogens is 1. The zero-order chi connectivity index (χ0) is 9.19. The van der Waals surface area contributed by atoms with Crippen LogP contribution in [0.1, 0.15) is 11.5 Å². The molecule has 0 saturated carbocycles. The highest BCUT2D eigenvalue weighted by atomic mass is 32.2. The first-order valence-corrected chi connectivity index (χ1v) is 5.22. The minimum Gasteiger partial charge on any atom is -0.447 e. The van der Waals surface area contributed by atoms with Crippen LogP contribution in [-0.4, -0.2) is 19.7 Å². The second kappa shape index (κ2) is 3.24. The van der Waals surface area contributed by atoms with Gasteiger partial charge in [-0.15, -0.1) is 0 Å². The van der Waals surface area contributed by atoms with E-state index in [1.165, 1.54) is 6.39 Å². The van der Waals surface area contributed by atoms with E-state index in [0.29, 0.717) is 11.5 Å². The predicted molar refractivity (Wildman–Crippen MR) is 42.9 cm³/mol. The van der Waals surface area contributed by atoms with Gasteiger partial charge in [-0.2, -0.15) is 0 Å². The zero-order valence-electron chi connectivity index (χ0n) is 6.86. The molecule has 0 aliphatic carbocycles. The molecular weight excluding hydrogens is 180 g/mol. The third-order valence-electron chi connectivity index (χ3n) is 1.34. The van der Waals surface area contributed by atoms with Crippen LogP contribution < -0.4 is 4.72 Å². The van der Waals surface area contributed by atoms with E-state index in [0.717, 1.165) is 6.26 Å². The molecule has 0 aliphatic rings. The summed E-state index contributed by atoms with van der Waals surface area (Å²) in [5.74, 6) is 0.542. The highest BCUT2D eigenvalue weighted by Gasteiger charge is 2.06. The van der Waals surface area contributed by atoms with E-state index in [2.05, 4.69) is 9.71 Å². The molecule has 1 N–H and O–H groups in total. The number of hydrogen-bond donors (Lipinski definition) is 1. The first kappa shape index (κ1) is 9.21. The van der Waals surface area contributed by atoms with Crippen molar-refractivity contribution in [1.29, 1.82) is 0 Å². The van der Waals surface area contributed by atoms with E-state index in [1.807, 2.05) is 0 Å². The lowest BCUT2D eigenvalue weighted by Crippen LogP contribution is -2.21. The van der Waals surface area contributed by atoms with Crippen LogP contribution in [0.25, 0.3) is 0 Å². The van der Waals surface area contributed by atoms with Crippen molar-refractivity contribution in [2.45, 2.75) is 13.5 Å². The Hall–Kier alpha value is -0.880. The second-order valence-corrected chi connectivity index (χ2v) is 4.29. The average Bonchev–Trinajstić information content (AvgIpc) is 2.29. The van der Waals surface area contributed by atoms with E-state index in [-0.39, 0.29) is 6.54 Å². The summed E-state index contributed by atoms with van der Waals surface area (Å²) in [5, 5.41) is 0. The molecule has 0 amide bonds. The molecule has 0 atom stereocenters. The van der Waals surface area contributed by atoms with Crippen molar-refractivity contribution < 1.29 is 12.8 Å². The van der Waals surface area contributed by atoms with Crippen molar-refractivity contribution in [2.24, 2.45) is 0 Å². The Morgan fingerprint density at radius 2 is 2.33 bits per heavy atom. The Kier molecular flexibility index (Phi) is 2.49. The molecule has 1 heterocycles. The normalized spacial score (nSPS) is 11.8. The van der Waals surface area contributed by atoms with Gasteiger partial charge < -0.3 is 4.42 Å². The van der Waals surface area contributed by atoms with Gasteiger partial charge >= 0.3 is 0 Å². The molecule has 0 aliphatic heterocycles. The Morgan fingerprint density at radius 3 is 2.75 bits per heavy atom. The highest BCUT2D eigenvalue weighted by Crippen LogP contribution is 2.03. The number of sulfonamides is 1. The molecular formula is C6H10N2O3S. The maximum Gasteiger partial charge on any atom is 0.209 e. The van der Waals surface area contributed by atoms with Crippen molar-refractivity contribution in [2.75, 3.05) is 6.26 Å². The first-order valence-electron chi connectivity index (χ1n) is 3.32. The van der Waals surface area contributed by atoms with Crippen LogP contribution in [0, 0.1) is 6.92 Å². The fourth-order valence-corrected chi connectivity index (χ4v) is 1.09. The summed E-state index contributed by atoms with van der Waals surface area (Å²) < 4.78 is 28.6. The zero-order valence-corrected chi connectivity index (χ0v) is 7.68. The second-order valence-electron chi connectivity index (χ2n) is 2.45. The van der Waals surface area contributed by atoms with Gasteiger partial charge in [-0.3, -0.25) is 0 Å². The number of oxazole rings is 1. The summed E-state index contributed by atoms with van der Waals surface area (Å²) in [6.07, 6.45) is 2.38. The predicted octanol–water partition coefficient (Wildman–Crippen LogP) is 0.0322. The van der Waals surface area contributed by atoms with Crippen LogP contribution in [0.3, 0.4) is 0 Å². The lowest BCUT2D eigenvalue weighted by molar-refractivity contribution is 0.493. The average molecular weight is 190 g/mol. The topological polar surface area (TPSA) is 72.2 Å². The van der Waals surface area contributed by atoms with E-state index in [4.69, 9.17) is 4.42 Å². The van der Waals surface area contributed by atoms with Crippen LogP contribution in [0.2, 0.25) is 0 Å². The minimum atomic E-state index is -3.15. The SMILES string of the molecule is Cc1ncoc1CNS(C)(=O)=O. The lowest BCUT2D eigenvalue weighted by atomic mass is 10.4. The van der Waals surface area contributed by atoms with E-state index < -0.39 is 10.0 Å². The van der Waals surface area contributed by atoms with Crippen molar-refractivity contribution in [3.63, 3.8) is 0 Å². The quantitative estimate of drug-likeness (QED) is 0.730. The van der Waals surface area contributed by atoms with Crippen molar-refractivity contribution in [3.8, 4) is 0 Å². The van der Waals surface area contributed by atoms with Gasteiger partial charge in [0, 0.05) is 0 Å². The fourth-order valence-electron chi connectivity index (χ4n) is 0.693. The number of aryl methyl sites for hydroxylation is 1. The molecule has 1 aromatic heterocycles. The number of nitrogens with one attached hydrogen (secondary N) is 1. The van der Waals surface area contributed by atoms with Crippen LogP contribution >= 0.6 is 0 Å². The molecule has 0 radical (unpaired) electrons. The Labute approximate surface area is 70.9 Å². The van der Waals surface area contributed by atoms with Crippen LogP contribution in [0.5, 0.6) is 0 Å². The lowest BCUT2D eigenvalue weighted by Gasteiger charge is -1.98. The Bertz CT molecular complexity index is 355. The fraction of sp³-hybridized carbons (Fsp3) is 0.500. The molecule has 68 valence electrons. The smallest absolute Gasteiger partial charge is 0.209 e. The third kappa shape index (κ3) is 2.63. The van der Waals surface area contributed by atoms with Crippen molar-refractivity contribution in [3.05, 3.63) is 17.8 Å². The minimum absolute atomic E-state index is 0.157. The Morgan fingerprint density at radius 1 is 1.67 bits per heavy atom. The summed E-state index contributed by atoms with van der Waals surface area (Å²) in [5.41, 5.74) is 0.700. The standard InChI is InChI=1S/C6H10N2O3S/c1-5-6(11-4-7-5)3-8-12(2,9)10/h4,8H,3H2,1-2H3. The van der Waals surface area contributed by atoms with Gasteiger partial charge in [0.1, 0.15) is 5.76 Å². The summed E-state index contributed by atoms with van der Waals surface area (Å²) in [7, 11) is -3.15. The van der Waals surface area contributed by atoms with Crippen molar-refractivity contribution >= 4 is 10.0 Å². The first-order chi connectivity index (χ1) is 5.49. The number of rotatable bonds is 3. The third-order valence-corrected chi connectivity index (χ3v) is 2.01. The molecule has 5 nitrogen and oxygen atoms in total. The molecule has 0 bridgehead atoms. The molecule has 1 rings (SSSR count). The maximum absolute atomic E-state index is 10.7. The van der Waals surface area contributed by atoms with Gasteiger partial charge in [0.15, 0.2) is 6.39 Å². The molecule has 0 saturated heterocycles. The summed E-state index contributed by atoms with van der Waals surface area (Å²) in [6, 6.07) is 0. The van der Waals surface area contributed by atoms with Gasteiger partial charge in [-0.1, -0.05) is 0 Å². The molecule has 0 aromatic carbocycles. The summed E-state index contributed by atoms with van der Waals surface area (Å²) in [6.45, 7) is 1.91. The molecule has 0 fully saturated rings. The van der Waals surface area contributed by atoms with Gasteiger partial charge in [0.05, 0.1) is 18.5 Å². The van der Waals surface area contributed by atoms with E-state index in [1.54, 1.807) is 6.92 Å². The number of hydrogen-bond acceptors (Lipinski definition) is 4. The Balaban J connectivity index is 2.61. The molecule has 12 heavy (non-hydrogen) atoms. The molecule has 0 spiro atoms. The summed E-state index contributed by atoms with van der Waals surface area (Å²) in [4.78, 5) is 3.82. The van der Waals surface area contributed by atoms with Crippen LogP contribution in [-0.2, 0) is 16.6 Å².